The van der Waals surface area contributed by atoms with Crippen molar-refractivity contribution in [3.05, 3.63) is 16.5 Å². The normalized spacial score (nSPS) is 15.0. The Kier molecular flexibility index (Phi) is 2.86. The van der Waals surface area contributed by atoms with Gasteiger partial charge in [-0.15, -0.1) is 0 Å². The van der Waals surface area contributed by atoms with E-state index in [-0.39, 0.29) is 6.54 Å². The van der Waals surface area contributed by atoms with Crippen LogP contribution in [0.15, 0.2) is 10.7 Å². The molecule has 3 N–H and O–H groups in total. The predicted octanol–water partition coefficient (Wildman–Crippen LogP) is 1.01. The number of nitrogens with two attached hydrogens (primary N) is 1. The van der Waals surface area contributed by atoms with Gasteiger partial charge in [-0.1, -0.05) is 0 Å². The summed E-state index contributed by atoms with van der Waals surface area (Å²) in [6.45, 7) is 0.0908. The van der Waals surface area contributed by atoms with E-state index in [1.165, 1.54) is 0 Å². The van der Waals surface area contributed by atoms with Crippen LogP contribution in [-0.2, 0) is 4.79 Å². The highest BCUT2D eigenvalue weighted by atomic mass is 79.9. The van der Waals surface area contributed by atoms with Crippen LogP contribution in [-0.4, -0.2) is 22.4 Å². The Labute approximate surface area is 95.6 Å². The molecule has 1 fully saturated rings. The van der Waals surface area contributed by atoms with Gasteiger partial charge in [0.2, 0.25) is 5.91 Å². The molecule has 15 heavy (non-hydrogen) atoms. The molecule has 1 aromatic heterocycles. The van der Waals surface area contributed by atoms with Crippen LogP contribution >= 0.6 is 15.9 Å². The second-order valence-corrected chi connectivity index (χ2v) is 4.34. The van der Waals surface area contributed by atoms with E-state index in [4.69, 9.17) is 5.73 Å². The van der Waals surface area contributed by atoms with E-state index in [0.717, 1.165) is 23.3 Å². The molecular weight excluding hydrogens is 260 g/mol. The zero-order valence-corrected chi connectivity index (χ0v) is 9.62. The molecule has 0 atom stereocenters. The van der Waals surface area contributed by atoms with Crippen LogP contribution in [0.5, 0.6) is 0 Å². The van der Waals surface area contributed by atoms with Crippen LogP contribution in [0.2, 0.25) is 0 Å². The van der Waals surface area contributed by atoms with E-state index < -0.39 is 5.91 Å². The lowest BCUT2D eigenvalue weighted by Crippen LogP contribution is -2.22. The van der Waals surface area contributed by atoms with Crippen molar-refractivity contribution in [2.75, 3.05) is 11.9 Å². The second kappa shape index (κ2) is 4.14. The van der Waals surface area contributed by atoms with Crippen LogP contribution in [0.4, 0.5) is 5.82 Å². The van der Waals surface area contributed by atoms with Crippen LogP contribution in [0, 0.1) is 0 Å². The van der Waals surface area contributed by atoms with Crippen molar-refractivity contribution in [3.63, 3.8) is 0 Å². The van der Waals surface area contributed by atoms with Gasteiger partial charge in [0.15, 0.2) is 0 Å². The molecule has 2 rings (SSSR count). The lowest BCUT2D eigenvalue weighted by atomic mass is 10.4. The smallest absolute Gasteiger partial charge is 0.236 e. The van der Waals surface area contributed by atoms with Gasteiger partial charge >= 0.3 is 0 Å². The van der Waals surface area contributed by atoms with Crippen molar-refractivity contribution in [2.45, 2.75) is 18.8 Å². The number of hydrogen-bond donors (Lipinski definition) is 2. The minimum Gasteiger partial charge on any atom is -0.368 e. The number of aromatic nitrogens is 2. The lowest BCUT2D eigenvalue weighted by molar-refractivity contribution is -0.116. The lowest BCUT2D eigenvalue weighted by Gasteiger charge is -2.05. The fourth-order valence-electron chi connectivity index (χ4n) is 1.23. The number of carbonyl (C=O) groups excluding carboxylic acids is 1. The quantitative estimate of drug-likeness (QED) is 0.801. The Hall–Kier alpha value is -1.17. The molecule has 0 aromatic carbocycles. The first-order valence-corrected chi connectivity index (χ1v) is 5.51. The third kappa shape index (κ3) is 2.89. The summed E-state index contributed by atoms with van der Waals surface area (Å²) in [5.74, 6) is 1.54. The second-order valence-electron chi connectivity index (χ2n) is 3.53. The number of anilines is 1. The van der Waals surface area contributed by atoms with Gasteiger partial charge in [0.25, 0.3) is 0 Å². The first-order chi connectivity index (χ1) is 7.15. The first-order valence-electron chi connectivity index (χ1n) is 4.72. The number of amides is 1. The molecule has 0 bridgehead atoms. The fourth-order valence-corrected chi connectivity index (χ4v) is 1.63. The Morgan fingerprint density at radius 3 is 2.93 bits per heavy atom. The highest BCUT2D eigenvalue weighted by Gasteiger charge is 2.27. The molecule has 1 aromatic rings. The van der Waals surface area contributed by atoms with Crippen molar-refractivity contribution in [1.29, 1.82) is 0 Å². The van der Waals surface area contributed by atoms with E-state index in [1.807, 2.05) is 0 Å². The van der Waals surface area contributed by atoms with Crippen molar-refractivity contribution in [1.82, 2.24) is 9.97 Å². The van der Waals surface area contributed by atoms with Crippen molar-refractivity contribution in [3.8, 4) is 0 Å². The van der Waals surface area contributed by atoms with E-state index in [1.54, 1.807) is 6.07 Å². The Bertz CT molecular complexity index is 392. The molecule has 0 spiro atoms. The average Bonchev–Trinajstić information content (AvgIpc) is 2.97. The number of nitrogens with zero attached hydrogens (tertiary/aromatic N) is 2. The fraction of sp³-hybridized carbons (Fsp3) is 0.444. The summed E-state index contributed by atoms with van der Waals surface area (Å²) in [5.41, 5.74) is 5.03. The molecule has 5 nitrogen and oxygen atoms in total. The van der Waals surface area contributed by atoms with Gasteiger partial charge in [-0.2, -0.15) is 0 Å². The van der Waals surface area contributed by atoms with Crippen molar-refractivity contribution in [2.24, 2.45) is 5.73 Å². The minimum atomic E-state index is -0.405. The Morgan fingerprint density at radius 1 is 1.60 bits per heavy atom. The third-order valence-electron chi connectivity index (χ3n) is 2.10. The third-order valence-corrected chi connectivity index (χ3v) is 2.50. The topological polar surface area (TPSA) is 80.9 Å². The zero-order chi connectivity index (χ0) is 10.8. The van der Waals surface area contributed by atoms with Crippen molar-refractivity contribution < 1.29 is 4.79 Å². The number of nitrogens with one attached hydrogen (secondary N) is 1. The summed E-state index contributed by atoms with van der Waals surface area (Å²) in [5, 5.41) is 2.85. The maximum absolute atomic E-state index is 10.6. The number of halogens is 1. The predicted molar refractivity (Wildman–Crippen MR) is 59.4 cm³/mol. The molecule has 1 heterocycles. The summed E-state index contributed by atoms with van der Waals surface area (Å²) in [4.78, 5) is 19.2. The SMILES string of the molecule is NC(=O)CNc1cc(Br)nc(C2CC2)n1. The van der Waals surface area contributed by atoms with Crippen molar-refractivity contribution >= 4 is 27.7 Å². The molecule has 80 valence electrons. The van der Waals surface area contributed by atoms with Crippen LogP contribution in [0.25, 0.3) is 0 Å². The van der Waals surface area contributed by atoms with E-state index in [2.05, 4.69) is 31.2 Å². The zero-order valence-electron chi connectivity index (χ0n) is 8.03. The standard InChI is InChI=1S/C9H11BrN4O/c10-6-3-8(12-4-7(11)15)14-9(13-6)5-1-2-5/h3,5H,1-2,4H2,(H2,11,15)(H,12,13,14). The summed E-state index contributed by atoms with van der Waals surface area (Å²) in [6, 6.07) is 1.73. The molecular formula is C9H11BrN4O. The number of hydrogen-bond acceptors (Lipinski definition) is 4. The molecule has 0 aliphatic heterocycles. The maximum atomic E-state index is 10.6. The Balaban J connectivity index is 2.12. The molecule has 1 saturated carbocycles. The van der Waals surface area contributed by atoms with Crippen LogP contribution < -0.4 is 11.1 Å². The molecule has 0 radical (unpaired) electrons. The van der Waals surface area contributed by atoms with Gasteiger partial charge < -0.3 is 11.1 Å². The molecule has 0 saturated heterocycles. The highest BCUT2D eigenvalue weighted by Crippen LogP contribution is 2.38. The summed E-state index contributed by atoms with van der Waals surface area (Å²) < 4.78 is 0.728. The molecule has 1 aliphatic rings. The van der Waals surface area contributed by atoms with Crippen LogP contribution in [0.1, 0.15) is 24.6 Å². The van der Waals surface area contributed by atoms with E-state index >= 15 is 0 Å². The molecule has 0 unspecified atom stereocenters. The van der Waals surface area contributed by atoms with Gasteiger partial charge in [0.1, 0.15) is 16.2 Å². The van der Waals surface area contributed by atoms with Gasteiger partial charge in [-0.3, -0.25) is 4.79 Å². The van der Waals surface area contributed by atoms with Gasteiger partial charge in [-0.05, 0) is 28.8 Å². The summed E-state index contributed by atoms with van der Waals surface area (Å²) >= 11 is 3.31. The van der Waals surface area contributed by atoms with Gasteiger partial charge in [0.05, 0.1) is 6.54 Å². The number of rotatable bonds is 4. The van der Waals surface area contributed by atoms with Crippen LogP contribution in [0.3, 0.4) is 0 Å². The highest BCUT2D eigenvalue weighted by molar-refractivity contribution is 9.10. The van der Waals surface area contributed by atoms with E-state index in [9.17, 15) is 4.79 Å². The minimum absolute atomic E-state index is 0.0908. The van der Waals surface area contributed by atoms with E-state index in [0.29, 0.717) is 11.7 Å². The van der Waals surface area contributed by atoms with Gasteiger partial charge in [-0.25, -0.2) is 9.97 Å². The largest absolute Gasteiger partial charge is 0.368 e. The summed E-state index contributed by atoms with van der Waals surface area (Å²) in [7, 11) is 0. The maximum Gasteiger partial charge on any atom is 0.236 e. The van der Waals surface area contributed by atoms with Gasteiger partial charge in [0, 0.05) is 12.0 Å². The monoisotopic (exact) mass is 270 g/mol. The summed E-state index contributed by atoms with van der Waals surface area (Å²) in [6.07, 6.45) is 2.29. The molecule has 6 heteroatoms. The molecule has 1 aliphatic carbocycles. The Morgan fingerprint density at radius 2 is 2.33 bits per heavy atom. The molecule has 1 amide bonds. The number of carbonyl (C=O) groups is 1. The number of primary amides is 1. The first kappa shape index (κ1) is 10.4. The average molecular weight is 271 g/mol.